The molecule has 3 nitrogen and oxygen atoms in total. The molecule has 0 aliphatic heterocycles. The molecular formula is C12H20F3N3. The summed E-state index contributed by atoms with van der Waals surface area (Å²) in [5, 5.41) is 7.17. The van der Waals surface area contributed by atoms with E-state index in [1.54, 1.807) is 13.8 Å². The first kappa shape index (κ1) is 15.0. The van der Waals surface area contributed by atoms with E-state index in [1.165, 1.54) is 0 Å². The van der Waals surface area contributed by atoms with Gasteiger partial charge in [-0.3, -0.25) is 4.68 Å². The summed E-state index contributed by atoms with van der Waals surface area (Å²) < 4.78 is 38.1. The van der Waals surface area contributed by atoms with Crippen molar-refractivity contribution < 1.29 is 13.2 Å². The summed E-state index contributed by atoms with van der Waals surface area (Å²) in [7, 11) is 0. The zero-order valence-electron chi connectivity index (χ0n) is 11.2. The molecule has 0 fully saturated rings. The van der Waals surface area contributed by atoms with Crippen molar-refractivity contribution in [1.82, 2.24) is 15.1 Å². The molecule has 0 spiro atoms. The average Bonchev–Trinajstić information content (AvgIpc) is 2.42. The van der Waals surface area contributed by atoms with Crippen molar-refractivity contribution >= 4 is 0 Å². The first-order valence-corrected chi connectivity index (χ1v) is 6.01. The highest BCUT2D eigenvalue weighted by Crippen LogP contribution is 2.20. The van der Waals surface area contributed by atoms with Gasteiger partial charge >= 0.3 is 6.18 Å². The summed E-state index contributed by atoms with van der Waals surface area (Å²) in [6.07, 6.45) is -4.23. The zero-order valence-corrected chi connectivity index (χ0v) is 11.2. The number of nitrogens with one attached hydrogen (secondary N) is 1. The van der Waals surface area contributed by atoms with Gasteiger partial charge in [0.2, 0.25) is 0 Å². The lowest BCUT2D eigenvalue weighted by atomic mass is 10.2. The van der Waals surface area contributed by atoms with E-state index < -0.39 is 12.7 Å². The largest absolute Gasteiger partial charge is 0.408 e. The molecule has 0 amide bonds. The van der Waals surface area contributed by atoms with E-state index in [0.29, 0.717) is 23.9 Å². The summed E-state index contributed by atoms with van der Waals surface area (Å²) in [5.41, 5.74) is 2.11. The molecule has 1 N–H and O–H groups in total. The van der Waals surface area contributed by atoms with E-state index in [0.717, 1.165) is 16.8 Å². The van der Waals surface area contributed by atoms with Gasteiger partial charge in [0.25, 0.3) is 0 Å². The monoisotopic (exact) mass is 263 g/mol. The van der Waals surface area contributed by atoms with Crippen LogP contribution in [0, 0.1) is 19.8 Å². The third kappa shape index (κ3) is 4.33. The third-order valence-electron chi connectivity index (χ3n) is 2.71. The van der Waals surface area contributed by atoms with Gasteiger partial charge in [0.05, 0.1) is 5.69 Å². The molecular weight excluding hydrogens is 243 g/mol. The molecule has 0 atom stereocenters. The van der Waals surface area contributed by atoms with Crippen LogP contribution in [0.15, 0.2) is 0 Å². The minimum atomic E-state index is -4.23. The summed E-state index contributed by atoms with van der Waals surface area (Å²) >= 11 is 0. The Hall–Kier alpha value is -1.04. The Morgan fingerprint density at radius 3 is 2.39 bits per heavy atom. The lowest BCUT2D eigenvalue weighted by Crippen LogP contribution is -2.21. The molecule has 0 saturated heterocycles. The summed E-state index contributed by atoms with van der Waals surface area (Å²) in [6.45, 7) is 7.96. The molecule has 1 aromatic heterocycles. The molecule has 1 aromatic rings. The standard InChI is InChI=1S/C12H20F3N3/c1-8(2)5-16-6-11-9(3)17-18(10(11)4)7-12(13,14)15/h8,16H,5-7H2,1-4H3. The van der Waals surface area contributed by atoms with Crippen LogP contribution in [0.4, 0.5) is 13.2 Å². The number of alkyl halides is 3. The smallest absolute Gasteiger partial charge is 0.312 e. The number of halogens is 3. The second-order valence-electron chi connectivity index (χ2n) is 4.95. The van der Waals surface area contributed by atoms with E-state index in [4.69, 9.17) is 0 Å². The van der Waals surface area contributed by atoms with Gasteiger partial charge in [-0.15, -0.1) is 0 Å². The van der Waals surface area contributed by atoms with Gasteiger partial charge < -0.3 is 5.32 Å². The second kappa shape index (κ2) is 5.73. The molecule has 0 radical (unpaired) electrons. The number of rotatable bonds is 5. The van der Waals surface area contributed by atoms with E-state index in [2.05, 4.69) is 24.3 Å². The van der Waals surface area contributed by atoms with Gasteiger partial charge in [0, 0.05) is 17.8 Å². The Morgan fingerprint density at radius 2 is 1.89 bits per heavy atom. The van der Waals surface area contributed by atoms with E-state index in [-0.39, 0.29) is 0 Å². The highest BCUT2D eigenvalue weighted by Gasteiger charge is 2.29. The second-order valence-corrected chi connectivity index (χ2v) is 4.95. The van der Waals surface area contributed by atoms with Crippen LogP contribution in [-0.2, 0) is 13.1 Å². The fraction of sp³-hybridized carbons (Fsp3) is 0.750. The van der Waals surface area contributed by atoms with E-state index >= 15 is 0 Å². The number of aryl methyl sites for hydroxylation is 1. The molecule has 0 aliphatic carbocycles. The summed E-state index contributed by atoms with van der Waals surface area (Å²) in [6, 6.07) is 0. The zero-order chi connectivity index (χ0) is 13.9. The van der Waals surface area contributed by atoms with Crippen LogP contribution in [0.25, 0.3) is 0 Å². The molecule has 0 unspecified atom stereocenters. The van der Waals surface area contributed by atoms with Gasteiger partial charge in [0.15, 0.2) is 0 Å². The normalized spacial score (nSPS) is 12.4. The summed E-state index contributed by atoms with van der Waals surface area (Å²) in [4.78, 5) is 0. The molecule has 104 valence electrons. The quantitative estimate of drug-likeness (QED) is 0.885. The minimum absolute atomic E-state index is 0.510. The van der Waals surface area contributed by atoms with Crippen molar-refractivity contribution in [2.45, 2.75) is 47.0 Å². The van der Waals surface area contributed by atoms with E-state index in [9.17, 15) is 13.2 Å². The number of nitrogens with zero attached hydrogens (tertiary/aromatic N) is 2. The fourth-order valence-electron chi connectivity index (χ4n) is 1.80. The number of hydrogen-bond acceptors (Lipinski definition) is 2. The van der Waals surface area contributed by atoms with Crippen LogP contribution in [0.5, 0.6) is 0 Å². The maximum absolute atomic E-state index is 12.3. The Bertz CT molecular complexity index is 394. The van der Waals surface area contributed by atoms with Crippen molar-refractivity contribution in [2.75, 3.05) is 6.54 Å². The number of hydrogen-bond donors (Lipinski definition) is 1. The van der Waals surface area contributed by atoms with Gasteiger partial charge in [-0.1, -0.05) is 13.8 Å². The lowest BCUT2D eigenvalue weighted by molar-refractivity contribution is -0.142. The van der Waals surface area contributed by atoms with Crippen LogP contribution in [0.2, 0.25) is 0 Å². The summed E-state index contributed by atoms with van der Waals surface area (Å²) in [5.74, 6) is 0.510. The highest BCUT2D eigenvalue weighted by molar-refractivity contribution is 5.24. The molecule has 0 bridgehead atoms. The number of aromatic nitrogens is 2. The van der Waals surface area contributed by atoms with Crippen molar-refractivity contribution in [3.63, 3.8) is 0 Å². The molecule has 0 aromatic carbocycles. The SMILES string of the molecule is Cc1nn(CC(F)(F)F)c(C)c1CNCC(C)C. The Morgan fingerprint density at radius 1 is 1.28 bits per heavy atom. The molecule has 0 saturated carbocycles. The lowest BCUT2D eigenvalue weighted by Gasteiger charge is -2.10. The molecule has 1 heterocycles. The van der Waals surface area contributed by atoms with Crippen LogP contribution in [0.3, 0.4) is 0 Å². The Labute approximate surface area is 105 Å². The first-order valence-electron chi connectivity index (χ1n) is 6.01. The predicted octanol–water partition coefficient (Wildman–Crippen LogP) is 2.81. The predicted molar refractivity (Wildman–Crippen MR) is 64.3 cm³/mol. The average molecular weight is 263 g/mol. The van der Waals surface area contributed by atoms with Crippen molar-refractivity contribution in [3.05, 3.63) is 17.0 Å². The molecule has 6 heteroatoms. The van der Waals surface area contributed by atoms with Crippen molar-refractivity contribution in [3.8, 4) is 0 Å². The first-order chi connectivity index (χ1) is 8.20. The van der Waals surface area contributed by atoms with E-state index in [1.807, 2.05) is 0 Å². The van der Waals surface area contributed by atoms with Gasteiger partial charge in [0.1, 0.15) is 6.54 Å². The fourth-order valence-corrected chi connectivity index (χ4v) is 1.80. The molecule has 18 heavy (non-hydrogen) atoms. The van der Waals surface area contributed by atoms with Crippen molar-refractivity contribution in [2.24, 2.45) is 5.92 Å². The maximum Gasteiger partial charge on any atom is 0.408 e. The Balaban J connectivity index is 2.75. The van der Waals surface area contributed by atoms with Gasteiger partial charge in [-0.2, -0.15) is 18.3 Å². The minimum Gasteiger partial charge on any atom is -0.312 e. The van der Waals surface area contributed by atoms with Crippen LogP contribution >= 0.6 is 0 Å². The van der Waals surface area contributed by atoms with Crippen molar-refractivity contribution in [1.29, 1.82) is 0 Å². The third-order valence-corrected chi connectivity index (χ3v) is 2.71. The van der Waals surface area contributed by atoms with Crippen LogP contribution in [-0.4, -0.2) is 22.5 Å². The van der Waals surface area contributed by atoms with Gasteiger partial charge in [-0.05, 0) is 26.3 Å². The Kier molecular flexibility index (Phi) is 4.78. The topological polar surface area (TPSA) is 29.9 Å². The van der Waals surface area contributed by atoms with Crippen LogP contribution in [0.1, 0.15) is 30.8 Å². The van der Waals surface area contributed by atoms with Gasteiger partial charge in [-0.25, -0.2) is 0 Å². The highest BCUT2D eigenvalue weighted by atomic mass is 19.4. The molecule has 0 aliphatic rings. The molecule has 1 rings (SSSR count). The maximum atomic E-state index is 12.3. The van der Waals surface area contributed by atoms with Crippen LogP contribution < -0.4 is 5.32 Å².